The minimum absolute atomic E-state index is 0.0802. The van der Waals surface area contributed by atoms with E-state index in [9.17, 15) is 14.4 Å². The van der Waals surface area contributed by atoms with Crippen molar-refractivity contribution in [3.05, 3.63) is 58.9 Å². The Balaban J connectivity index is 1.75. The van der Waals surface area contributed by atoms with Crippen LogP contribution in [0, 0.1) is 12.8 Å². The highest BCUT2D eigenvalue weighted by atomic mass is 35.5. The normalized spacial score (nSPS) is 14.0. The lowest BCUT2D eigenvalue weighted by Gasteiger charge is -2.12. The fourth-order valence-electron chi connectivity index (χ4n) is 2.75. The van der Waals surface area contributed by atoms with E-state index < -0.39 is 17.4 Å². The fraction of sp³-hybridized carbons (Fsp3) is 0.364. The number of halogens is 1. The number of nitrogens with zero attached hydrogens (tertiary/aromatic N) is 1. The van der Waals surface area contributed by atoms with Gasteiger partial charge >= 0.3 is 5.97 Å². The molecule has 2 aromatic rings. The summed E-state index contributed by atoms with van der Waals surface area (Å²) < 4.78 is 5.10. The van der Waals surface area contributed by atoms with Gasteiger partial charge in [-0.3, -0.25) is 9.59 Å². The molecule has 1 saturated carbocycles. The molecule has 0 radical (unpaired) electrons. The minimum Gasteiger partial charge on any atom is -0.442 e. The van der Waals surface area contributed by atoms with E-state index in [0.717, 1.165) is 12.8 Å². The van der Waals surface area contributed by atoms with Crippen molar-refractivity contribution >= 4 is 35.1 Å². The Morgan fingerprint density at radius 2 is 1.97 bits per heavy atom. The van der Waals surface area contributed by atoms with Crippen LogP contribution in [-0.2, 0) is 4.74 Å². The molecule has 2 N–H and O–H groups in total. The second-order valence-electron chi connectivity index (χ2n) is 7.26. The van der Waals surface area contributed by atoms with Crippen molar-refractivity contribution in [2.24, 2.45) is 5.92 Å². The van der Waals surface area contributed by atoms with Gasteiger partial charge in [-0.2, -0.15) is 0 Å². The molecule has 1 aliphatic carbocycles. The number of hydrogen-bond donors (Lipinski definition) is 2. The van der Waals surface area contributed by atoms with Gasteiger partial charge in [-0.25, -0.2) is 9.78 Å². The largest absolute Gasteiger partial charge is 0.442 e. The maximum Gasteiger partial charge on any atom is 0.339 e. The van der Waals surface area contributed by atoms with Crippen LogP contribution in [-0.4, -0.2) is 34.9 Å². The number of alkyl halides is 1. The Kier molecular flexibility index (Phi) is 7.05. The van der Waals surface area contributed by atoms with Crippen molar-refractivity contribution in [2.75, 3.05) is 11.9 Å². The standard InChI is InChI=1S/C22H24ClN3O4/c1-3-18(23)30-22(29)15-5-4-6-16(11-15)26-20(27)17-10-7-13(2)25-19(17)21(28)24-12-14-8-9-14/h4-7,10-11,14,18H,3,8-9,12H2,1-2H3,(H,24,28)(H,26,27). The number of amides is 2. The molecular weight excluding hydrogens is 406 g/mol. The smallest absolute Gasteiger partial charge is 0.339 e. The third-order valence-electron chi connectivity index (χ3n) is 4.65. The molecule has 8 heteroatoms. The van der Waals surface area contributed by atoms with Gasteiger partial charge in [-0.1, -0.05) is 24.6 Å². The summed E-state index contributed by atoms with van der Waals surface area (Å²) in [7, 11) is 0. The maximum atomic E-state index is 12.8. The van der Waals surface area contributed by atoms with Gasteiger partial charge in [-0.05, 0) is 62.4 Å². The molecule has 1 aromatic carbocycles. The van der Waals surface area contributed by atoms with Gasteiger partial charge in [0.25, 0.3) is 11.8 Å². The van der Waals surface area contributed by atoms with Crippen LogP contribution >= 0.6 is 11.6 Å². The van der Waals surface area contributed by atoms with E-state index in [4.69, 9.17) is 16.3 Å². The van der Waals surface area contributed by atoms with Crippen LogP contribution in [0.2, 0.25) is 0 Å². The van der Waals surface area contributed by atoms with Crippen molar-refractivity contribution in [1.29, 1.82) is 0 Å². The number of benzene rings is 1. The molecule has 7 nitrogen and oxygen atoms in total. The third kappa shape index (κ3) is 5.79. The highest BCUT2D eigenvalue weighted by molar-refractivity contribution is 6.20. The molecule has 30 heavy (non-hydrogen) atoms. The molecular formula is C22H24ClN3O4. The Labute approximate surface area is 180 Å². The maximum absolute atomic E-state index is 12.8. The van der Waals surface area contributed by atoms with Crippen molar-refractivity contribution < 1.29 is 19.1 Å². The first-order valence-electron chi connectivity index (χ1n) is 9.89. The van der Waals surface area contributed by atoms with Crippen LogP contribution < -0.4 is 10.6 Å². The molecule has 0 bridgehead atoms. The summed E-state index contributed by atoms with van der Waals surface area (Å²) in [5, 5.41) is 5.55. The summed E-state index contributed by atoms with van der Waals surface area (Å²) in [6.07, 6.45) is 2.70. The molecule has 1 fully saturated rings. The number of hydrogen-bond acceptors (Lipinski definition) is 5. The van der Waals surface area contributed by atoms with Crippen LogP contribution in [0.1, 0.15) is 63.1 Å². The Morgan fingerprint density at radius 1 is 1.20 bits per heavy atom. The molecule has 158 valence electrons. The Hall–Kier alpha value is -2.93. The van der Waals surface area contributed by atoms with Gasteiger partial charge in [0, 0.05) is 17.9 Å². The SMILES string of the molecule is CCC(Cl)OC(=O)c1cccc(NC(=O)c2ccc(C)nc2C(=O)NCC2CC2)c1. The summed E-state index contributed by atoms with van der Waals surface area (Å²) in [5.74, 6) is -0.932. The predicted octanol–water partition coefficient (Wildman–Crippen LogP) is 3.91. The summed E-state index contributed by atoms with van der Waals surface area (Å²) >= 11 is 5.87. The zero-order valence-electron chi connectivity index (χ0n) is 16.9. The summed E-state index contributed by atoms with van der Waals surface area (Å²) in [4.78, 5) is 41.8. The summed E-state index contributed by atoms with van der Waals surface area (Å²) in [6.45, 7) is 4.14. The molecule has 1 unspecified atom stereocenters. The van der Waals surface area contributed by atoms with Gasteiger partial charge in [0.1, 0.15) is 5.69 Å². The average molecular weight is 430 g/mol. The van der Waals surface area contributed by atoms with Gasteiger partial charge < -0.3 is 15.4 Å². The van der Waals surface area contributed by atoms with E-state index in [-0.39, 0.29) is 22.7 Å². The number of carbonyl (C=O) groups is 3. The lowest BCUT2D eigenvalue weighted by molar-refractivity contribution is 0.0443. The van der Waals surface area contributed by atoms with E-state index >= 15 is 0 Å². The number of anilines is 1. The molecule has 1 aliphatic rings. The second-order valence-corrected chi connectivity index (χ2v) is 7.75. The molecule has 1 heterocycles. The fourth-order valence-corrected chi connectivity index (χ4v) is 2.83. The first-order valence-corrected chi connectivity index (χ1v) is 10.3. The van der Waals surface area contributed by atoms with Crippen LogP contribution in [0.3, 0.4) is 0 Å². The minimum atomic E-state index is -0.717. The number of rotatable bonds is 8. The first-order chi connectivity index (χ1) is 14.4. The van der Waals surface area contributed by atoms with Crippen molar-refractivity contribution in [2.45, 2.75) is 38.7 Å². The lowest BCUT2D eigenvalue weighted by Crippen LogP contribution is -2.29. The number of pyridine rings is 1. The van der Waals surface area contributed by atoms with Gasteiger partial charge in [0.2, 0.25) is 0 Å². The van der Waals surface area contributed by atoms with Crippen LogP contribution in [0.4, 0.5) is 5.69 Å². The molecule has 0 spiro atoms. The number of aryl methyl sites for hydroxylation is 1. The highest BCUT2D eigenvalue weighted by Crippen LogP contribution is 2.27. The van der Waals surface area contributed by atoms with Gasteiger partial charge in [0.15, 0.2) is 5.56 Å². The van der Waals surface area contributed by atoms with Gasteiger partial charge in [-0.15, -0.1) is 0 Å². The van der Waals surface area contributed by atoms with E-state index in [1.54, 1.807) is 44.2 Å². The molecule has 0 saturated heterocycles. The molecule has 0 aliphatic heterocycles. The molecule has 1 aromatic heterocycles. The number of esters is 1. The van der Waals surface area contributed by atoms with Crippen molar-refractivity contribution in [1.82, 2.24) is 10.3 Å². The first kappa shape index (κ1) is 21.8. The van der Waals surface area contributed by atoms with E-state index in [0.29, 0.717) is 30.3 Å². The van der Waals surface area contributed by atoms with Crippen molar-refractivity contribution in [3.63, 3.8) is 0 Å². The molecule has 1 atom stereocenters. The summed E-state index contributed by atoms with van der Waals surface area (Å²) in [6, 6.07) is 9.57. The number of ether oxygens (including phenoxy) is 1. The van der Waals surface area contributed by atoms with Crippen molar-refractivity contribution in [3.8, 4) is 0 Å². The average Bonchev–Trinajstić information content (AvgIpc) is 3.56. The van der Waals surface area contributed by atoms with Crippen LogP contribution in [0.25, 0.3) is 0 Å². The molecule has 2 amide bonds. The predicted molar refractivity (Wildman–Crippen MR) is 114 cm³/mol. The van der Waals surface area contributed by atoms with Crippen LogP contribution in [0.15, 0.2) is 36.4 Å². The zero-order valence-corrected chi connectivity index (χ0v) is 17.7. The van der Waals surface area contributed by atoms with Crippen LogP contribution in [0.5, 0.6) is 0 Å². The Bertz CT molecular complexity index is 959. The second kappa shape index (κ2) is 9.71. The number of aromatic nitrogens is 1. The monoisotopic (exact) mass is 429 g/mol. The highest BCUT2D eigenvalue weighted by Gasteiger charge is 2.24. The number of nitrogens with one attached hydrogen (secondary N) is 2. The topological polar surface area (TPSA) is 97.4 Å². The zero-order chi connectivity index (χ0) is 21.7. The molecule has 3 rings (SSSR count). The Morgan fingerprint density at radius 3 is 2.67 bits per heavy atom. The quantitative estimate of drug-likeness (QED) is 0.489. The lowest BCUT2D eigenvalue weighted by atomic mass is 10.1. The van der Waals surface area contributed by atoms with E-state index in [1.165, 1.54) is 6.07 Å². The summed E-state index contributed by atoms with van der Waals surface area (Å²) in [5.41, 5.74) is 0.814. The number of carbonyl (C=O) groups excluding carboxylic acids is 3. The van der Waals surface area contributed by atoms with E-state index in [1.807, 2.05) is 0 Å². The van der Waals surface area contributed by atoms with E-state index in [2.05, 4.69) is 15.6 Å². The third-order valence-corrected chi connectivity index (χ3v) is 5.05. The van der Waals surface area contributed by atoms with Gasteiger partial charge in [0.05, 0.1) is 11.1 Å².